The Morgan fingerprint density at radius 3 is 2.95 bits per heavy atom. The molecule has 0 atom stereocenters. The van der Waals surface area contributed by atoms with Crippen LogP contribution in [0.1, 0.15) is 18.4 Å². The van der Waals surface area contributed by atoms with Crippen molar-refractivity contribution in [1.29, 1.82) is 0 Å². The summed E-state index contributed by atoms with van der Waals surface area (Å²) in [6, 6.07) is 10.1. The van der Waals surface area contributed by atoms with Gasteiger partial charge in [-0.2, -0.15) is 0 Å². The van der Waals surface area contributed by atoms with Gasteiger partial charge in [-0.05, 0) is 42.8 Å². The molecule has 0 aliphatic carbocycles. The minimum Gasteiger partial charge on any atom is -0.311 e. The van der Waals surface area contributed by atoms with Crippen molar-refractivity contribution in [2.45, 2.75) is 23.5 Å². The predicted octanol–water partition coefficient (Wildman–Crippen LogP) is 4.51. The number of benzene rings is 1. The van der Waals surface area contributed by atoms with Crippen LogP contribution in [0.25, 0.3) is 0 Å². The van der Waals surface area contributed by atoms with Crippen LogP contribution in [0.2, 0.25) is 0 Å². The lowest BCUT2D eigenvalue weighted by Gasteiger charge is -2.22. The van der Waals surface area contributed by atoms with Crippen LogP contribution in [0.5, 0.6) is 0 Å². The lowest BCUT2D eigenvalue weighted by Crippen LogP contribution is -2.14. The van der Waals surface area contributed by atoms with Gasteiger partial charge in [-0.15, -0.1) is 11.3 Å². The van der Waals surface area contributed by atoms with Crippen LogP contribution < -0.4 is 4.31 Å². The molecule has 0 saturated heterocycles. The van der Waals surface area contributed by atoms with Gasteiger partial charge in [-0.3, -0.25) is 10.1 Å². The molecule has 4 nitrogen and oxygen atoms in total. The number of rotatable bonds is 3. The Hall–Kier alpha value is -1.53. The number of thiophene rings is 1. The number of anilines is 1. The molecule has 2 heterocycles. The van der Waals surface area contributed by atoms with E-state index in [0.717, 1.165) is 23.6 Å². The summed E-state index contributed by atoms with van der Waals surface area (Å²) in [6.07, 6.45) is 3.45. The van der Waals surface area contributed by atoms with E-state index in [0.29, 0.717) is 0 Å². The molecule has 104 valence electrons. The quantitative estimate of drug-likeness (QED) is 0.475. The standard InChI is InChI=1S/C14H14N2O2S2/c17-16(18)12-9-14(19-10-12)20-15-8-4-3-6-11-5-1-2-7-13(11)15/h1-2,5,7,9-10H,3-4,6,8H2. The van der Waals surface area contributed by atoms with E-state index in [1.54, 1.807) is 23.4 Å². The van der Waals surface area contributed by atoms with Gasteiger partial charge < -0.3 is 4.31 Å². The van der Waals surface area contributed by atoms with E-state index >= 15 is 0 Å². The van der Waals surface area contributed by atoms with Gasteiger partial charge in [-0.25, -0.2) is 0 Å². The summed E-state index contributed by atoms with van der Waals surface area (Å²) in [6.45, 7) is 0.980. The highest BCUT2D eigenvalue weighted by atomic mass is 32.2. The summed E-state index contributed by atoms with van der Waals surface area (Å²) < 4.78 is 3.23. The number of para-hydroxylation sites is 1. The van der Waals surface area contributed by atoms with Gasteiger partial charge >= 0.3 is 0 Å². The lowest BCUT2D eigenvalue weighted by atomic mass is 10.1. The molecule has 0 saturated carbocycles. The van der Waals surface area contributed by atoms with E-state index < -0.39 is 0 Å². The fourth-order valence-electron chi connectivity index (χ4n) is 2.31. The van der Waals surface area contributed by atoms with E-state index in [1.165, 1.54) is 29.0 Å². The molecule has 0 fully saturated rings. The van der Waals surface area contributed by atoms with Crippen LogP contribution in [-0.2, 0) is 6.42 Å². The average Bonchev–Trinajstić information content (AvgIpc) is 2.82. The van der Waals surface area contributed by atoms with E-state index in [2.05, 4.69) is 28.6 Å². The molecule has 2 aromatic rings. The summed E-state index contributed by atoms with van der Waals surface area (Å²) in [5.41, 5.74) is 2.79. The van der Waals surface area contributed by atoms with Gasteiger partial charge in [-0.1, -0.05) is 18.2 Å². The number of hydrogen-bond donors (Lipinski definition) is 0. The largest absolute Gasteiger partial charge is 0.311 e. The summed E-state index contributed by atoms with van der Waals surface area (Å²) in [5.74, 6) is 0. The molecule has 0 bridgehead atoms. The molecule has 0 amide bonds. The SMILES string of the molecule is O=[N+]([O-])c1csc(SN2CCCCc3ccccc32)c1. The van der Waals surface area contributed by atoms with Gasteiger partial charge in [0.2, 0.25) is 0 Å². The Morgan fingerprint density at radius 1 is 1.30 bits per heavy atom. The van der Waals surface area contributed by atoms with Crippen molar-refractivity contribution >= 4 is 34.7 Å². The molecule has 0 radical (unpaired) electrons. The fourth-order valence-corrected chi connectivity index (χ4v) is 4.36. The minimum absolute atomic E-state index is 0.181. The molecular formula is C14H14N2O2S2. The first-order valence-electron chi connectivity index (χ1n) is 6.50. The second-order valence-electron chi connectivity index (χ2n) is 4.66. The monoisotopic (exact) mass is 306 g/mol. The van der Waals surface area contributed by atoms with Crippen LogP contribution >= 0.6 is 23.3 Å². The molecule has 3 rings (SSSR count). The number of nitro groups is 1. The van der Waals surface area contributed by atoms with E-state index in [-0.39, 0.29) is 10.6 Å². The minimum atomic E-state index is -0.336. The Labute approximate surface area is 125 Å². The maximum absolute atomic E-state index is 10.7. The van der Waals surface area contributed by atoms with Crippen LogP contribution in [-0.4, -0.2) is 11.5 Å². The predicted molar refractivity (Wildman–Crippen MR) is 83.6 cm³/mol. The van der Waals surface area contributed by atoms with E-state index in [4.69, 9.17) is 0 Å². The van der Waals surface area contributed by atoms with Crippen molar-refractivity contribution in [2.75, 3.05) is 10.8 Å². The first-order valence-corrected chi connectivity index (χ1v) is 8.16. The molecule has 0 N–H and O–H groups in total. The molecule has 6 heteroatoms. The summed E-state index contributed by atoms with van der Waals surface area (Å²) in [4.78, 5) is 10.4. The van der Waals surface area contributed by atoms with Gasteiger partial charge in [0.05, 0.1) is 20.2 Å². The maximum Gasteiger partial charge on any atom is 0.281 e. The summed E-state index contributed by atoms with van der Waals surface area (Å²) in [7, 11) is 0. The van der Waals surface area contributed by atoms with Crippen LogP contribution in [0.3, 0.4) is 0 Å². The van der Waals surface area contributed by atoms with Crippen LogP contribution in [0, 0.1) is 10.1 Å². The number of fused-ring (bicyclic) bond motifs is 1. The normalized spacial score (nSPS) is 14.7. The zero-order valence-electron chi connectivity index (χ0n) is 10.8. The third-order valence-corrected chi connectivity index (χ3v) is 5.41. The Bertz CT molecular complexity index is 627. The van der Waals surface area contributed by atoms with Crippen LogP contribution in [0.4, 0.5) is 11.4 Å². The summed E-state index contributed by atoms with van der Waals surface area (Å²) in [5, 5.41) is 12.4. The van der Waals surface area contributed by atoms with Crippen molar-refractivity contribution in [3.8, 4) is 0 Å². The third-order valence-electron chi connectivity index (χ3n) is 3.29. The molecule has 1 aliphatic rings. The molecule has 0 spiro atoms. The zero-order chi connectivity index (χ0) is 13.9. The second kappa shape index (κ2) is 5.85. The topological polar surface area (TPSA) is 46.4 Å². The fraction of sp³-hybridized carbons (Fsp3) is 0.286. The summed E-state index contributed by atoms with van der Waals surface area (Å²) >= 11 is 3.04. The molecule has 20 heavy (non-hydrogen) atoms. The molecule has 0 unspecified atom stereocenters. The smallest absolute Gasteiger partial charge is 0.281 e. The Kier molecular flexibility index (Phi) is 3.93. The third kappa shape index (κ3) is 2.81. The first-order chi connectivity index (χ1) is 9.74. The first kappa shape index (κ1) is 13.5. The Morgan fingerprint density at radius 2 is 2.15 bits per heavy atom. The van der Waals surface area contributed by atoms with Gasteiger partial charge in [0, 0.05) is 12.6 Å². The second-order valence-corrected chi connectivity index (χ2v) is 6.89. The molecular weight excluding hydrogens is 292 g/mol. The van der Waals surface area contributed by atoms with Gasteiger partial charge in [0.15, 0.2) is 0 Å². The van der Waals surface area contributed by atoms with Gasteiger partial charge in [0.25, 0.3) is 5.69 Å². The van der Waals surface area contributed by atoms with Crippen molar-refractivity contribution in [1.82, 2.24) is 0 Å². The molecule has 1 aliphatic heterocycles. The number of aryl methyl sites for hydroxylation is 1. The van der Waals surface area contributed by atoms with Gasteiger partial charge in [0.1, 0.15) is 0 Å². The maximum atomic E-state index is 10.7. The van der Waals surface area contributed by atoms with E-state index in [9.17, 15) is 10.1 Å². The average molecular weight is 306 g/mol. The Balaban J connectivity index is 1.84. The number of hydrogen-bond acceptors (Lipinski definition) is 5. The van der Waals surface area contributed by atoms with Crippen molar-refractivity contribution in [3.63, 3.8) is 0 Å². The lowest BCUT2D eigenvalue weighted by molar-refractivity contribution is -0.384. The number of nitrogens with zero attached hydrogens (tertiary/aromatic N) is 2. The molecule has 1 aromatic carbocycles. The highest BCUT2D eigenvalue weighted by Gasteiger charge is 2.18. The highest BCUT2D eigenvalue weighted by molar-refractivity contribution is 8.02. The highest BCUT2D eigenvalue weighted by Crippen LogP contribution is 2.38. The van der Waals surface area contributed by atoms with Crippen molar-refractivity contribution in [3.05, 3.63) is 51.4 Å². The molecule has 1 aromatic heterocycles. The zero-order valence-corrected chi connectivity index (χ0v) is 12.5. The van der Waals surface area contributed by atoms with Crippen LogP contribution in [0.15, 0.2) is 39.9 Å². The van der Waals surface area contributed by atoms with Crippen molar-refractivity contribution in [2.24, 2.45) is 0 Å². The van der Waals surface area contributed by atoms with Crippen molar-refractivity contribution < 1.29 is 4.92 Å². The van der Waals surface area contributed by atoms with E-state index in [1.807, 2.05) is 0 Å².